The summed E-state index contributed by atoms with van der Waals surface area (Å²) >= 11 is 1.22. The quantitative estimate of drug-likeness (QED) is 0.744. The minimum absolute atomic E-state index is 0.139. The maximum Gasteiger partial charge on any atom is 0.275 e. The van der Waals surface area contributed by atoms with Crippen molar-refractivity contribution in [3.63, 3.8) is 0 Å². The van der Waals surface area contributed by atoms with Crippen LogP contribution in [0.25, 0.3) is 4.96 Å². The maximum atomic E-state index is 12.4. The van der Waals surface area contributed by atoms with E-state index in [0.29, 0.717) is 4.96 Å². The molecule has 0 saturated carbocycles. The molecule has 0 unspecified atom stereocenters. The summed E-state index contributed by atoms with van der Waals surface area (Å²) in [6, 6.07) is 9.82. The Balaban J connectivity index is 1.71. The number of fused-ring (bicyclic) bond motifs is 1. The molecule has 1 aromatic carbocycles. The topological polar surface area (TPSA) is 83.7 Å². The van der Waals surface area contributed by atoms with Crippen LogP contribution in [-0.2, 0) is 6.42 Å². The number of aromatic nitrogens is 2. The summed E-state index contributed by atoms with van der Waals surface area (Å²) in [6.45, 7) is 1.87. The van der Waals surface area contributed by atoms with Crippen molar-refractivity contribution < 1.29 is 9.90 Å². The number of carbonyl (C=O) groups is 1. The minimum Gasteiger partial charge on any atom is -0.492 e. The molecule has 1 amide bonds. The molecule has 124 valence electrons. The van der Waals surface area contributed by atoms with E-state index >= 15 is 0 Å². The fourth-order valence-electron chi connectivity index (χ4n) is 2.46. The first-order chi connectivity index (χ1) is 11.6. The van der Waals surface area contributed by atoms with Gasteiger partial charge in [-0.2, -0.15) is 4.98 Å². The van der Waals surface area contributed by atoms with Gasteiger partial charge >= 0.3 is 0 Å². The summed E-state index contributed by atoms with van der Waals surface area (Å²) in [6.07, 6.45) is 3.07. The van der Waals surface area contributed by atoms with Crippen LogP contribution < -0.4 is 10.9 Å². The monoisotopic (exact) mass is 343 g/mol. The summed E-state index contributed by atoms with van der Waals surface area (Å²) in [4.78, 5) is 28.9. The van der Waals surface area contributed by atoms with Gasteiger partial charge in [0.15, 0.2) is 10.5 Å². The predicted octanol–water partition coefficient (Wildman–Crippen LogP) is 2.21. The largest absolute Gasteiger partial charge is 0.492 e. The number of thiazole rings is 1. The Labute approximate surface area is 142 Å². The molecule has 3 rings (SSSR count). The molecule has 0 bridgehead atoms. The molecule has 7 heteroatoms. The van der Waals surface area contributed by atoms with Crippen molar-refractivity contribution in [2.24, 2.45) is 0 Å². The van der Waals surface area contributed by atoms with Crippen molar-refractivity contribution in [2.75, 3.05) is 0 Å². The van der Waals surface area contributed by atoms with E-state index in [9.17, 15) is 14.7 Å². The lowest BCUT2D eigenvalue weighted by Crippen LogP contribution is -2.37. The number of hydrogen-bond donors (Lipinski definition) is 2. The van der Waals surface area contributed by atoms with Crippen molar-refractivity contribution in [1.82, 2.24) is 14.7 Å². The van der Waals surface area contributed by atoms with Crippen LogP contribution >= 0.6 is 11.3 Å². The van der Waals surface area contributed by atoms with Gasteiger partial charge < -0.3 is 10.4 Å². The van der Waals surface area contributed by atoms with Gasteiger partial charge in [0.25, 0.3) is 11.5 Å². The lowest BCUT2D eigenvalue weighted by atomic mass is 10.1. The van der Waals surface area contributed by atoms with Crippen molar-refractivity contribution in [3.05, 3.63) is 63.4 Å². The summed E-state index contributed by atoms with van der Waals surface area (Å²) in [7, 11) is 0. The molecule has 2 aromatic heterocycles. The molecule has 0 aliphatic heterocycles. The third-order valence-corrected chi connectivity index (χ3v) is 4.52. The SMILES string of the molecule is C[C@@H](CCc1ccccc1)NC(=O)c1c(O)nc2sccn2c1=O. The van der Waals surface area contributed by atoms with Crippen molar-refractivity contribution >= 4 is 22.2 Å². The summed E-state index contributed by atoms with van der Waals surface area (Å²) < 4.78 is 1.26. The second kappa shape index (κ2) is 6.84. The normalized spacial score (nSPS) is 12.2. The number of aromatic hydroxyl groups is 1. The lowest BCUT2D eigenvalue weighted by Gasteiger charge is -2.14. The standard InChI is InChI=1S/C17H17N3O3S/c1-11(7-8-12-5-3-2-4-6-12)18-14(21)13-15(22)19-17-20(16(13)23)9-10-24-17/h2-6,9-11,22H,7-8H2,1H3,(H,18,21)/t11-/m0/s1. The van der Waals surface area contributed by atoms with Gasteiger partial charge in [-0.15, -0.1) is 11.3 Å². The number of rotatable bonds is 5. The van der Waals surface area contributed by atoms with Crippen LogP contribution in [0.3, 0.4) is 0 Å². The van der Waals surface area contributed by atoms with Crippen LogP contribution in [-0.4, -0.2) is 26.4 Å². The highest BCUT2D eigenvalue weighted by molar-refractivity contribution is 7.15. The minimum atomic E-state index is -0.605. The zero-order chi connectivity index (χ0) is 17.1. The number of hydrogen-bond acceptors (Lipinski definition) is 5. The first-order valence-corrected chi connectivity index (χ1v) is 8.48. The number of nitrogens with zero attached hydrogens (tertiary/aromatic N) is 2. The highest BCUT2D eigenvalue weighted by atomic mass is 32.1. The highest BCUT2D eigenvalue weighted by Crippen LogP contribution is 2.15. The van der Waals surface area contributed by atoms with Crippen LogP contribution in [0.5, 0.6) is 5.88 Å². The Hall–Kier alpha value is -2.67. The van der Waals surface area contributed by atoms with E-state index in [1.807, 2.05) is 37.3 Å². The molecule has 1 atom stereocenters. The number of amides is 1. The van der Waals surface area contributed by atoms with Crippen LogP contribution in [0.2, 0.25) is 0 Å². The van der Waals surface area contributed by atoms with Crippen LogP contribution in [0, 0.1) is 0 Å². The van der Waals surface area contributed by atoms with Gasteiger partial charge in [-0.3, -0.25) is 14.0 Å². The Bertz CT molecular complexity index is 918. The third kappa shape index (κ3) is 3.30. The zero-order valence-corrected chi connectivity index (χ0v) is 13.9. The van der Waals surface area contributed by atoms with E-state index in [-0.39, 0.29) is 11.6 Å². The van der Waals surface area contributed by atoms with Gasteiger partial charge in [0.2, 0.25) is 5.88 Å². The molecule has 24 heavy (non-hydrogen) atoms. The number of benzene rings is 1. The fourth-order valence-corrected chi connectivity index (χ4v) is 3.17. The van der Waals surface area contributed by atoms with Gasteiger partial charge in [-0.25, -0.2) is 0 Å². The molecule has 0 fully saturated rings. The Morgan fingerprint density at radius 2 is 2.12 bits per heavy atom. The Kier molecular flexibility index (Phi) is 4.61. The maximum absolute atomic E-state index is 12.4. The van der Waals surface area contributed by atoms with Crippen LogP contribution in [0.15, 0.2) is 46.7 Å². The Morgan fingerprint density at radius 1 is 1.38 bits per heavy atom. The Morgan fingerprint density at radius 3 is 2.88 bits per heavy atom. The highest BCUT2D eigenvalue weighted by Gasteiger charge is 2.21. The molecule has 2 heterocycles. The van der Waals surface area contributed by atoms with Crippen molar-refractivity contribution in [1.29, 1.82) is 0 Å². The number of aryl methyl sites for hydroxylation is 1. The molecule has 0 aliphatic carbocycles. The molecular weight excluding hydrogens is 326 g/mol. The molecule has 0 radical (unpaired) electrons. The van der Waals surface area contributed by atoms with Gasteiger partial charge in [-0.05, 0) is 25.3 Å². The smallest absolute Gasteiger partial charge is 0.275 e. The molecule has 0 saturated heterocycles. The predicted molar refractivity (Wildman–Crippen MR) is 92.7 cm³/mol. The third-order valence-electron chi connectivity index (χ3n) is 3.76. The van der Waals surface area contributed by atoms with E-state index in [1.54, 1.807) is 5.38 Å². The van der Waals surface area contributed by atoms with Gasteiger partial charge in [-0.1, -0.05) is 30.3 Å². The zero-order valence-electron chi connectivity index (χ0n) is 13.1. The fraction of sp³-hybridized carbons (Fsp3) is 0.235. The molecule has 0 spiro atoms. The van der Waals surface area contributed by atoms with E-state index in [1.165, 1.54) is 27.5 Å². The average Bonchev–Trinajstić information content (AvgIpc) is 3.02. The van der Waals surface area contributed by atoms with Gasteiger partial charge in [0.1, 0.15) is 0 Å². The van der Waals surface area contributed by atoms with E-state index in [0.717, 1.165) is 12.8 Å². The summed E-state index contributed by atoms with van der Waals surface area (Å²) in [5.41, 5.74) is 0.298. The van der Waals surface area contributed by atoms with Crippen LogP contribution in [0.4, 0.5) is 0 Å². The van der Waals surface area contributed by atoms with E-state index in [2.05, 4.69) is 10.3 Å². The molecule has 0 aliphatic rings. The molecule has 3 aromatic rings. The average molecular weight is 343 g/mol. The summed E-state index contributed by atoms with van der Waals surface area (Å²) in [5, 5.41) is 14.4. The van der Waals surface area contributed by atoms with Crippen molar-refractivity contribution in [3.8, 4) is 5.88 Å². The van der Waals surface area contributed by atoms with E-state index in [4.69, 9.17) is 0 Å². The second-order valence-corrected chi connectivity index (χ2v) is 6.44. The van der Waals surface area contributed by atoms with Crippen LogP contribution in [0.1, 0.15) is 29.3 Å². The first kappa shape index (κ1) is 16.2. The summed E-state index contributed by atoms with van der Waals surface area (Å²) in [5.74, 6) is -1.14. The van der Waals surface area contributed by atoms with Gasteiger partial charge in [0.05, 0.1) is 0 Å². The molecule has 2 N–H and O–H groups in total. The van der Waals surface area contributed by atoms with E-state index < -0.39 is 17.3 Å². The number of carbonyl (C=O) groups excluding carboxylic acids is 1. The van der Waals surface area contributed by atoms with Crippen molar-refractivity contribution in [2.45, 2.75) is 25.8 Å². The first-order valence-electron chi connectivity index (χ1n) is 7.60. The lowest BCUT2D eigenvalue weighted by molar-refractivity contribution is 0.0933. The molecular formula is C17H17N3O3S. The van der Waals surface area contributed by atoms with Gasteiger partial charge in [0, 0.05) is 17.6 Å². The number of nitrogens with one attached hydrogen (secondary N) is 1. The molecule has 6 nitrogen and oxygen atoms in total. The second-order valence-electron chi connectivity index (χ2n) is 5.57.